The van der Waals surface area contributed by atoms with Gasteiger partial charge in [-0.15, -0.1) is 0 Å². The van der Waals surface area contributed by atoms with Gasteiger partial charge in [-0.1, -0.05) is 17.7 Å². The first-order valence-electron chi connectivity index (χ1n) is 6.71. The molecule has 0 aliphatic carbocycles. The summed E-state index contributed by atoms with van der Waals surface area (Å²) in [7, 11) is 0. The summed E-state index contributed by atoms with van der Waals surface area (Å²) < 4.78 is 107. The second-order valence-corrected chi connectivity index (χ2v) is 6.56. The maximum absolute atomic E-state index is 14.6. The standard InChI is InChI=1S/C16H7BrClF8/c1-7-4-10(14(20,15(21,22)23)16(24,25)26)13(11(17)5-7)9-6-8(18)2-3-12(9)19/h2-4,6H,1H3. The first-order valence-corrected chi connectivity index (χ1v) is 7.88. The zero-order chi connectivity index (χ0) is 20.1. The van der Waals surface area contributed by atoms with E-state index in [-0.39, 0.29) is 10.6 Å². The van der Waals surface area contributed by atoms with E-state index in [2.05, 4.69) is 22.0 Å². The molecule has 1 radical (unpaired) electrons. The van der Waals surface area contributed by atoms with Gasteiger partial charge in [-0.05, 0) is 46.6 Å². The number of hydrogen-bond donors (Lipinski definition) is 0. The van der Waals surface area contributed by atoms with Crippen LogP contribution in [0.15, 0.2) is 28.7 Å². The lowest BCUT2D eigenvalue weighted by molar-refractivity contribution is -0.348. The molecule has 0 aliphatic heterocycles. The molecule has 0 N–H and O–H groups in total. The molecular weight excluding hydrogens is 460 g/mol. The minimum absolute atomic E-state index is 0.164. The molecule has 10 heteroatoms. The van der Waals surface area contributed by atoms with E-state index in [0.29, 0.717) is 6.07 Å². The van der Waals surface area contributed by atoms with Crippen molar-refractivity contribution in [1.82, 2.24) is 0 Å². The van der Waals surface area contributed by atoms with E-state index in [4.69, 9.17) is 11.6 Å². The molecule has 26 heavy (non-hydrogen) atoms. The van der Waals surface area contributed by atoms with Gasteiger partial charge in [0, 0.05) is 32.3 Å². The lowest BCUT2D eigenvalue weighted by Crippen LogP contribution is -2.50. The van der Waals surface area contributed by atoms with Gasteiger partial charge in [0.1, 0.15) is 5.82 Å². The van der Waals surface area contributed by atoms with Gasteiger partial charge >= 0.3 is 18.0 Å². The average Bonchev–Trinajstić information content (AvgIpc) is 2.46. The monoisotopic (exact) mass is 465 g/mol. The molecule has 0 atom stereocenters. The van der Waals surface area contributed by atoms with E-state index in [0.717, 1.165) is 25.1 Å². The third kappa shape index (κ3) is 3.43. The molecule has 0 aromatic heterocycles. The third-order valence-corrected chi connectivity index (χ3v) is 4.34. The van der Waals surface area contributed by atoms with Gasteiger partial charge in [0.05, 0.1) is 0 Å². The van der Waals surface area contributed by atoms with Crippen LogP contribution in [0.25, 0.3) is 11.1 Å². The summed E-state index contributed by atoms with van der Waals surface area (Å²) in [5.74, 6) is -1.18. The predicted molar refractivity (Wildman–Crippen MR) is 83.0 cm³/mol. The van der Waals surface area contributed by atoms with Crippen molar-refractivity contribution in [3.8, 4) is 11.1 Å². The molecule has 141 valence electrons. The fraction of sp³-hybridized carbons (Fsp3) is 0.250. The van der Waals surface area contributed by atoms with Crippen molar-refractivity contribution in [2.75, 3.05) is 0 Å². The molecule has 0 amide bonds. The fourth-order valence-corrected chi connectivity index (χ4v) is 3.28. The summed E-state index contributed by atoms with van der Waals surface area (Å²) in [5.41, 5.74) is -9.46. The highest BCUT2D eigenvalue weighted by Gasteiger charge is 2.74. The highest BCUT2D eigenvalue weighted by molar-refractivity contribution is 9.10. The fourth-order valence-electron chi connectivity index (χ4n) is 2.37. The lowest BCUT2D eigenvalue weighted by Gasteiger charge is -2.32. The van der Waals surface area contributed by atoms with Crippen molar-refractivity contribution in [2.45, 2.75) is 24.9 Å². The zero-order valence-electron chi connectivity index (χ0n) is 12.6. The van der Waals surface area contributed by atoms with Gasteiger partial charge in [0.15, 0.2) is 0 Å². The largest absolute Gasteiger partial charge is 0.435 e. The van der Waals surface area contributed by atoms with Crippen LogP contribution in [0, 0.1) is 18.8 Å². The van der Waals surface area contributed by atoms with Crippen LogP contribution in [-0.2, 0) is 5.67 Å². The van der Waals surface area contributed by atoms with Gasteiger partial charge < -0.3 is 0 Å². The summed E-state index contributed by atoms with van der Waals surface area (Å²) in [4.78, 5) is 0. The quantitative estimate of drug-likeness (QED) is 0.407. The number of aryl methyl sites for hydroxylation is 1. The highest BCUT2D eigenvalue weighted by atomic mass is 79.9. The SMILES string of the molecule is Cc1[c]c(Br)c(-c2cc(Cl)ccc2F)c(C(F)(C(F)(F)F)C(F)(F)F)c1. The third-order valence-electron chi connectivity index (χ3n) is 3.51. The van der Waals surface area contributed by atoms with Crippen LogP contribution in [0.3, 0.4) is 0 Å². The first-order chi connectivity index (χ1) is 11.7. The number of benzene rings is 2. The second kappa shape index (κ2) is 6.67. The summed E-state index contributed by atoms with van der Waals surface area (Å²) in [6, 6.07) is 5.33. The Hall–Kier alpha value is -1.35. The predicted octanol–water partition coefficient (Wildman–Crippen LogP) is 7.31. The van der Waals surface area contributed by atoms with Crippen LogP contribution in [-0.4, -0.2) is 12.4 Å². The summed E-state index contributed by atoms with van der Waals surface area (Å²) in [6.07, 6.45) is -12.7. The van der Waals surface area contributed by atoms with Crippen LogP contribution >= 0.6 is 27.5 Å². The number of halogens is 10. The Bertz CT molecular complexity index is 827. The van der Waals surface area contributed by atoms with Crippen molar-refractivity contribution >= 4 is 27.5 Å². The molecule has 0 fully saturated rings. The van der Waals surface area contributed by atoms with Crippen molar-refractivity contribution < 1.29 is 35.1 Å². The summed E-state index contributed by atoms with van der Waals surface area (Å²) >= 11 is 8.42. The topological polar surface area (TPSA) is 0 Å². The Labute approximate surface area is 155 Å². The van der Waals surface area contributed by atoms with Crippen LogP contribution in [0.5, 0.6) is 0 Å². The van der Waals surface area contributed by atoms with E-state index < -0.39 is 45.0 Å². The van der Waals surface area contributed by atoms with E-state index in [1.807, 2.05) is 0 Å². The minimum Gasteiger partial charge on any atom is -0.218 e. The molecule has 0 saturated heterocycles. The zero-order valence-corrected chi connectivity index (χ0v) is 14.9. The second-order valence-electron chi connectivity index (χ2n) is 5.33. The number of rotatable bonds is 2. The molecule has 0 heterocycles. The van der Waals surface area contributed by atoms with Crippen LogP contribution in [0.1, 0.15) is 11.1 Å². The molecule has 0 aliphatic rings. The first kappa shape index (κ1) is 21.0. The normalized spacial score (nSPS) is 13.2. The van der Waals surface area contributed by atoms with Gasteiger partial charge in [0.2, 0.25) is 0 Å². The van der Waals surface area contributed by atoms with E-state index in [1.54, 1.807) is 0 Å². The Balaban J connectivity index is 3.00. The van der Waals surface area contributed by atoms with Gasteiger partial charge in [-0.25, -0.2) is 8.78 Å². The van der Waals surface area contributed by atoms with Gasteiger partial charge in [-0.2, -0.15) is 26.3 Å². The average molecular weight is 467 g/mol. The van der Waals surface area contributed by atoms with E-state index in [1.165, 1.54) is 0 Å². The Morgan fingerprint density at radius 1 is 0.962 bits per heavy atom. The number of hydrogen-bond acceptors (Lipinski definition) is 0. The molecule has 2 aromatic carbocycles. The van der Waals surface area contributed by atoms with Crippen molar-refractivity contribution in [3.05, 3.63) is 56.8 Å². The maximum atomic E-state index is 14.6. The molecule has 0 nitrogen and oxygen atoms in total. The van der Waals surface area contributed by atoms with Crippen molar-refractivity contribution in [2.24, 2.45) is 0 Å². The van der Waals surface area contributed by atoms with Crippen molar-refractivity contribution in [1.29, 1.82) is 0 Å². The van der Waals surface area contributed by atoms with Crippen LogP contribution < -0.4 is 0 Å². The Kier molecular flexibility index (Phi) is 5.38. The van der Waals surface area contributed by atoms with Crippen LogP contribution in [0.4, 0.5) is 35.1 Å². The molecule has 0 unspecified atom stereocenters. The van der Waals surface area contributed by atoms with Gasteiger partial charge in [-0.3, -0.25) is 0 Å². The Morgan fingerprint density at radius 2 is 1.50 bits per heavy atom. The van der Waals surface area contributed by atoms with E-state index in [9.17, 15) is 35.1 Å². The lowest BCUT2D eigenvalue weighted by atomic mass is 9.85. The minimum atomic E-state index is -6.34. The maximum Gasteiger partial charge on any atom is 0.435 e. The summed E-state index contributed by atoms with van der Waals surface area (Å²) in [5, 5.41) is -0.164. The number of alkyl halides is 7. The molecule has 2 rings (SSSR count). The molecule has 0 spiro atoms. The van der Waals surface area contributed by atoms with E-state index >= 15 is 0 Å². The molecular formula is C16H7BrClF8. The van der Waals surface area contributed by atoms with Crippen molar-refractivity contribution in [3.63, 3.8) is 0 Å². The van der Waals surface area contributed by atoms with Crippen LogP contribution in [0.2, 0.25) is 5.02 Å². The highest BCUT2D eigenvalue weighted by Crippen LogP contribution is 2.56. The Morgan fingerprint density at radius 3 is 2.00 bits per heavy atom. The molecule has 0 bridgehead atoms. The molecule has 0 saturated carbocycles. The molecule has 2 aromatic rings. The van der Waals surface area contributed by atoms with Gasteiger partial charge in [0.25, 0.3) is 0 Å². The summed E-state index contributed by atoms with van der Waals surface area (Å²) in [6.45, 7) is 1.12. The smallest absolute Gasteiger partial charge is 0.218 e.